The number of nitrogens with one attached hydrogen (secondary N) is 2. The summed E-state index contributed by atoms with van der Waals surface area (Å²) in [6.45, 7) is 23.6. The molecule has 11 nitrogen and oxygen atoms in total. The normalized spacial score (nSPS) is 14.8. The third-order valence-corrected chi connectivity index (χ3v) is 8.12. The zero-order chi connectivity index (χ0) is 36.2. The largest absolute Gasteiger partial charge is 0.454 e. The van der Waals surface area contributed by atoms with Crippen molar-refractivity contribution in [3.05, 3.63) is 47.5 Å². The number of hydrogen-bond donors (Lipinski definition) is 4. The van der Waals surface area contributed by atoms with E-state index in [1.807, 2.05) is 39.0 Å². The monoisotopic (exact) mass is 673 g/mol. The van der Waals surface area contributed by atoms with Crippen LogP contribution in [0.1, 0.15) is 86.8 Å². The maximum absolute atomic E-state index is 12.2. The van der Waals surface area contributed by atoms with Gasteiger partial charge in [-0.1, -0.05) is 67.0 Å². The van der Waals surface area contributed by atoms with Crippen LogP contribution >= 0.6 is 0 Å². The molecule has 0 saturated carbocycles. The van der Waals surface area contributed by atoms with E-state index < -0.39 is 6.04 Å². The standard InChI is InChI=1S/C19H31N3O3.C12H17NO2.C5H12.CH3NO/c1-6-22(14(5)21-19(23)18(20)12(2)3)13(4)9-15-7-8-16-17(10-15)25-11-24-16;1-3-13-9(2)6-10-4-5-11-12(7-10)15-8-14-11;1-4-5(2)3;2-1-3/h7-8,10,12-14,18H,6,9,11,20H2,1-5H3,(H,21,23);4-5,7,9,13H,3,6,8H2,1-2H3;5H,4H2,1-3H3;1H,(H2,2,3). The lowest BCUT2D eigenvalue weighted by atomic mass is 10.0. The summed E-state index contributed by atoms with van der Waals surface area (Å²) in [6.07, 6.45) is 3.36. The molecule has 0 radical (unpaired) electrons. The summed E-state index contributed by atoms with van der Waals surface area (Å²) in [4.78, 5) is 23.1. The van der Waals surface area contributed by atoms with E-state index in [4.69, 9.17) is 29.5 Å². The van der Waals surface area contributed by atoms with Crippen molar-refractivity contribution in [1.29, 1.82) is 0 Å². The van der Waals surface area contributed by atoms with Gasteiger partial charge in [-0.25, -0.2) is 0 Å². The SMILES string of the molecule is CCC(C)C.CCN(C(C)Cc1ccc2c(c1)OCO2)C(C)NC(=O)C(N)C(C)C.CCNC(C)Cc1ccc2c(c1)OCO2.NC=O. The van der Waals surface area contributed by atoms with Crippen LogP contribution in [0.25, 0.3) is 0 Å². The molecule has 0 bridgehead atoms. The maximum Gasteiger partial charge on any atom is 0.238 e. The average Bonchev–Trinajstić information content (AvgIpc) is 3.71. The lowest BCUT2D eigenvalue weighted by Crippen LogP contribution is -2.55. The number of rotatable bonds is 13. The van der Waals surface area contributed by atoms with Crippen molar-refractivity contribution in [2.75, 3.05) is 26.7 Å². The number of benzene rings is 2. The van der Waals surface area contributed by atoms with Crippen molar-refractivity contribution in [2.45, 2.75) is 113 Å². The summed E-state index contributed by atoms with van der Waals surface area (Å²) in [5.74, 6) is 4.23. The number of hydrogen-bond acceptors (Lipinski definition) is 9. The van der Waals surface area contributed by atoms with Crippen LogP contribution in [-0.4, -0.2) is 68.2 Å². The van der Waals surface area contributed by atoms with Gasteiger partial charge in [0.05, 0.1) is 12.2 Å². The van der Waals surface area contributed by atoms with E-state index in [0.29, 0.717) is 12.8 Å². The van der Waals surface area contributed by atoms with E-state index in [2.05, 4.69) is 87.9 Å². The molecular formula is C37H63N5O6. The molecule has 0 aliphatic carbocycles. The Balaban J connectivity index is 0.000000421. The fourth-order valence-corrected chi connectivity index (χ4v) is 5.02. The molecule has 48 heavy (non-hydrogen) atoms. The molecule has 0 fully saturated rings. The van der Waals surface area contributed by atoms with Crippen molar-refractivity contribution in [3.63, 3.8) is 0 Å². The highest BCUT2D eigenvalue weighted by molar-refractivity contribution is 5.81. The van der Waals surface area contributed by atoms with E-state index in [1.165, 1.54) is 17.5 Å². The lowest BCUT2D eigenvalue weighted by molar-refractivity contribution is -0.125. The number of carbonyl (C=O) groups is 2. The Bertz CT molecular complexity index is 1210. The molecule has 0 spiro atoms. The van der Waals surface area contributed by atoms with Crippen LogP contribution < -0.4 is 41.0 Å². The van der Waals surface area contributed by atoms with Gasteiger partial charge in [-0.3, -0.25) is 14.5 Å². The Morgan fingerprint density at radius 3 is 1.71 bits per heavy atom. The average molecular weight is 674 g/mol. The minimum absolute atomic E-state index is 0.0775. The van der Waals surface area contributed by atoms with Crippen molar-refractivity contribution >= 4 is 12.3 Å². The van der Waals surface area contributed by atoms with Gasteiger partial charge in [0.2, 0.25) is 25.9 Å². The van der Waals surface area contributed by atoms with Crippen molar-refractivity contribution < 1.29 is 28.5 Å². The highest BCUT2D eigenvalue weighted by atomic mass is 16.7. The van der Waals surface area contributed by atoms with Crippen LogP contribution in [0.2, 0.25) is 0 Å². The first-order valence-electron chi connectivity index (χ1n) is 17.3. The Morgan fingerprint density at radius 2 is 1.29 bits per heavy atom. The molecule has 2 aliphatic rings. The molecule has 4 atom stereocenters. The smallest absolute Gasteiger partial charge is 0.238 e. The molecule has 2 aromatic rings. The Hall–Kier alpha value is -3.54. The zero-order valence-electron chi connectivity index (χ0n) is 31.0. The van der Waals surface area contributed by atoms with Gasteiger partial charge in [-0.15, -0.1) is 0 Å². The Labute approximate surface area is 289 Å². The number of ether oxygens (including phenoxy) is 4. The summed E-state index contributed by atoms with van der Waals surface area (Å²) < 4.78 is 21.4. The predicted octanol–water partition coefficient (Wildman–Crippen LogP) is 5.22. The zero-order valence-corrected chi connectivity index (χ0v) is 31.0. The van der Waals surface area contributed by atoms with Gasteiger partial charge in [0.15, 0.2) is 23.0 Å². The third kappa shape index (κ3) is 15.1. The topological polar surface area (TPSA) is 150 Å². The first-order chi connectivity index (χ1) is 22.8. The van der Waals surface area contributed by atoms with E-state index >= 15 is 0 Å². The van der Waals surface area contributed by atoms with Crippen LogP contribution in [0.4, 0.5) is 0 Å². The third-order valence-electron chi connectivity index (χ3n) is 8.12. The first kappa shape index (κ1) is 42.5. The molecular weight excluding hydrogens is 610 g/mol. The van der Waals surface area contributed by atoms with Crippen molar-refractivity contribution in [2.24, 2.45) is 23.3 Å². The van der Waals surface area contributed by atoms with Crippen LogP contribution in [0.15, 0.2) is 36.4 Å². The van der Waals surface area contributed by atoms with Crippen LogP contribution in [0.5, 0.6) is 23.0 Å². The number of carbonyl (C=O) groups excluding carboxylic acids is 2. The first-order valence-corrected chi connectivity index (χ1v) is 17.3. The van der Waals surface area contributed by atoms with Crippen molar-refractivity contribution in [1.82, 2.24) is 15.5 Å². The molecule has 0 aromatic heterocycles. The Kier molecular flexibility index (Phi) is 20.3. The molecule has 11 heteroatoms. The predicted molar refractivity (Wildman–Crippen MR) is 193 cm³/mol. The van der Waals surface area contributed by atoms with Gasteiger partial charge in [-0.2, -0.15) is 0 Å². The fraction of sp³-hybridized carbons (Fsp3) is 0.622. The summed E-state index contributed by atoms with van der Waals surface area (Å²) >= 11 is 0. The fourth-order valence-electron chi connectivity index (χ4n) is 5.02. The summed E-state index contributed by atoms with van der Waals surface area (Å²) in [6, 6.07) is 12.5. The summed E-state index contributed by atoms with van der Waals surface area (Å²) in [5.41, 5.74) is 12.6. The molecule has 2 amide bonds. The van der Waals surface area contributed by atoms with Crippen LogP contribution in [0, 0.1) is 11.8 Å². The number of fused-ring (bicyclic) bond motifs is 2. The van der Waals surface area contributed by atoms with Crippen LogP contribution in [0.3, 0.4) is 0 Å². The number of nitrogens with two attached hydrogens (primary N) is 2. The quantitative estimate of drug-likeness (QED) is 0.166. The highest BCUT2D eigenvalue weighted by Gasteiger charge is 2.24. The molecule has 6 N–H and O–H groups in total. The van der Waals surface area contributed by atoms with E-state index in [9.17, 15) is 4.79 Å². The van der Waals surface area contributed by atoms with Gasteiger partial charge in [-0.05, 0) is 93.9 Å². The number of likely N-dealkylation sites (N-methyl/N-ethyl adjacent to an activating group) is 2. The second-order valence-electron chi connectivity index (χ2n) is 12.8. The molecule has 272 valence electrons. The van der Waals surface area contributed by atoms with Gasteiger partial charge in [0, 0.05) is 12.1 Å². The lowest BCUT2D eigenvalue weighted by Gasteiger charge is -2.35. The second-order valence-corrected chi connectivity index (χ2v) is 12.8. The van der Waals surface area contributed by atoms with Crippen LogP contribution in [-0.2, 0) is 22.4 Å². The Morgan fingerprint density at radius 1 is 0.833 bits per heavy atom. The van der Waals surface area contributed by atoms with Gasteiger partial charge in [0.1, 0.15) is 0 Å². The molecule has 2 aromatic carbocycles. The van der Waals surface area contributed by atoms with Gasteiger partial charge >= 0.3 is 0 Å². The maximum atomic E-state index is 12.2. The highest BCUT2D eigenvalue weighted by Crippen LogP contribution is 2.33. The van der Waals surface area contributed by atoms with E-state index in [0.717, 1.165) is 54.8 Å². The minimum Gasteiger partial charge on any atom is -0.454 e. The minimum atomic E-state index is -0.481. The van der Waals surface area contributed by atoms with E-state index in [-0.39, 0.29) is 37.2 Å². The van der Waals surface area contributed by atoms with Gasteiger partial charge < -0.3 is 41.0 Å². The molecule has 2 aliphatic heterocycles. The molecule has 4 rings (SSSR count). The summed E-state index contributed by atoms with van der Waals surface area (Å²) in [5, 5.41) is 6.43. The van der Waals surface area contributed by atoms with Crippen molar-refractivity contribution in [3.8, 4) is 23.0 Å². The molecule has 4 unspecified atom stereocenters. The number of amides is 2. The van der Waals surface area contributed by atoms with Gasteiger partial charge in [0.25, 0.3) is 0 Å². The summed E-state index contributed by atoms with van der Waals surface area (Å²) in [7, 11) is 0. The van der Waals surface area contributed by atoms with E-state index in [1.54, 1.807) is 0 Å². The molecule has 0 saturated heterocycles. The second kappa shape index (κ2) is 22.9. The molecule has 2 heterocycles. The number of nitrogens with zero attached hydrogens (tertiary/aromatic N) is 1. The number of primary amides is 1.